The molecule has 2 heterocycles. The van der Waals surface area contributed by atoms with Gasteiger partial charge in [0.1, 0.15) is 0 Å². The Bertz CT molecular complexity index is 463. The third-order valence-electron chi connectivity index (χ3n) is 3.92. The van der Waals surface area contributed by atoms with Crippen molar-refractivity contribution in [1.82, 2.24) is 15.2 Å². The van der Waals surface area contributed by atoms with Crippen LogP contribution in [0.5, 0.6) is 0 Å². The van der Waals surface area contributed by atoms with Crippen molar-refractivity contribution in [3.05, 3.63) is 11.1 Å². The van der Waals surface area contributed by atoms with Crippen LogP contribution in [-0.2, 0) is 4.79 Å². The summed E-state index contributed by atoms with van der Waals surface area (Å²) in [6.07, 6.45) is 2.65. The quantitative estimate of drug-likeness (QED) is 0.883. The summed E-state index contributed by atoms with van der Waals surface area (Å²) in [5.41, 5.74) is 1.08. The zero-order valence-electron chi connectivity index (χ0n) is 12.0. The lowest BCUT2D eigenvalue weighted by molar-refractivity contribution is -0.130. The lowest BCUT2D eigenvalue weighted by atomic mass is 10.3. The molecule has 0 atom stereocenters. The summed E-state index contributed by atoms with van der Waals surface area (Å²) in [6, 6.07) is 0. The van der Waals surface area contributed by atoms with Crippen LogP contribution < -0.4 is 10.2 Å². The maximum absolute atomic E-state index is 12.1. The molecule has 0 spiro atoms. The maximum Gasteiger partial charge on any atom is 0.236 e. The van der Waals surface area contributed by atoms with Crippen LogP contribution in [0.25, 0.3) is 0 Å². The van der Waals surface area contributed by atoms with E-state index in [1.165, 1.54) is 12.8 Å². The number of aromatic nitrogens is 1. The average molecular weight is 294 g/mol. The summed E-state index contributed by atoms with van der Waals surface area (Å²) < 4.78 is 0. The van der Waals surface area contributed by atoms with Crippen molar-refractivity contribution in [1.29, 1.82) is 0 Å². The minimum atomic E-state index is 0.237. The van der Waals surface area contributed by atoms with Crippen LogP contribution in [0.4, 0.5) is 5.13 Å². The highest BCUT2D eigenvalue weighted by atomic mass is 32.1. The topological polar surface area (TPSA) is 48.5 Å². The standard InChI is InChI=1S/C14H22N4OS/c1-11-10-20-14(16-11)18-6-4-17(5-7-18)13(19)9-15-8-12-2-3-12/h10,12,15H,2-9H2,1H3. The maximum atomic E-state index is 12.1. The van der Waals surface area contributed by atoms with Gasteiger partial charge in [-0.15, -0.1) is 11.3 Å². The van der Waals surface area contributed by atoms with Gasteiger partial charge in [0.2, 0.25) is 5.91 Å². The van der Waals surface area contributed by atoms with Crippen molar-refractivity contribution in [3.8, 4) is 0 Å². The first-order valence-corrected chi connectivity index (χ1v) is 8.26. The lowest BCUT2D eigenvalue weighted by Gasteiger charge is -2.34. The number of hydrogen-bond donors (Lipinski definition) is 1. The predicted molar refractivity (Wildman–Crippen MR) is 81.2 cm³/mol. The summed E-state index contributed by atoms with van der Waals surface area (Å²) in [5.74, 6) is 1.06. The number of amides is 1. The van der Waals surface area contributed by atoms with Gasteiger partial charge in [0, 0.05) is 31.6 Å². The van der Waals surface area contributed by atoms with E-state index in [-0.39, 0.29) is 5.91 Å². The molecule has 0 bridgehead atoms. The molecular formula is C14H22N4OS. The second kappa shape index (κ2) is 6.10. The van der Waals surface area contributed by atoms with Gasteiger partial charge in [0.25, 0.3) is 0 Å². The van der Waals surface area contributed by atoms with Gasteiger partial charge in [0.05, 0.1) is 12.2 Å². The van der Waals surface area contributed by atoms with E-state index in [9.17, 15) is 4.79 Å². The van der Waals surface area contributed by atoms with Crippen LogP contribution in [0.2, 0.25) is 0 Å². The number of anilines is 1. The summed E-state index contributed by atoms with van der Waals surface area (Å²) >= 11 is 1.69. The fourth-order valence-electron chi connectivity index (χ4n) is 2.45. The first kappa shape index (κ1) is 13.8. The van der Waals surface area contributed by atoms with Crippen LogP contribution in [0.15, 0.2) is 5.38 Å². The second-order valence-electron chi connectivity index (χ2n) is 5.71. The second-order valence-corrected chi connectivity index (χ2v) is 6.55. The molecule has 1 aromatic heterocycles. The first-order chi connectivity index (χ1) is 9.72. The Hall–Kier alpha value is -1.14. The Morgan fingerprint density at radius 3 is 2.75 bits per heavy atom. The van der Waals surface area contributed by atoms with Crippen LogP contribution >= 0.6 is 11.3 Å². The molecule has 0 unspecified atom stereocenters. The molecule has 2 fully saturated rings. The van der Waals surface area contributed by atoms with E-state index in [1.807, 2.05) is 11.8 Å². The molecule has 110 valence electrons. The number of piperazine rings is 1. The Balaban J connectivity index is 1.41. The Kier molecular flexibility index (Phi) is 4.21. The van der Waals surface area contributed by atoms with Crippen LogP contribution in [0.3, 0.4) is 0 Å². The number of hydrogen-bond acceptors (Lipinski definition) is 5. The fourth-order valence-corrected chi connectivity index (χ4v) is 3.31. The Morgan fingerprint density at radius 2 is 2.15 bits per heavy atom. The molecule has 1 amide bonds. The number of nitrogens with zero attached hydrogens (tertiary/aromatic N) is 3. The zero-order valence-corrected chi connectivity index (χ0v) is 12.8. The number of carbonyl (C=O) groups is 1. The number of aryl methyl sites for hydroxylation is 1. The average Bonchev–Trinajstić information content (AvgIpc) is 3.18. The third kappa shape index (κ3) is 3.49. The van der Waals surface area contributed by atoms with Crippen molar-refractivity contribution in [2.75, 3.05) is 44.2 Å². The lowest BCUT2D eigenvalue weighted by Crippen LogP contribution is -2.51. The van der Waals surface area contributed by atoms with Gasteiger partial charge in [-0.1, -0.05) is 0 Å². The normalized spacial score (nSPS) is 19.4. The molecule has 1 saturated heterocycles. The van der Waals surface area contributed by atoms with Crippen LogP contribution in [0.1, 0.15) is 18.5 Å². The van der Waals surface area contributed by atoms with Crippen molar-refractivity contribution in [3.63, 3.8) is 0 Å². The summed E-state index contributed by atoms with van der Waals surface area (Å²) in [6.45, 7) is 6.91. The van der Waals surface area contributed by atoms with Crippen molar-refractivity contribution in [2.24, 2.45) is 5.92 Å². The zero-order chi connectivity index (χ0) is 13.9. The highest BCUT2D eigenvalue weighted by molar-refractivity contribution is 7.13. The summed E-state index contributed by atoms with van der Waals surface area (Å²) in [7, 11) is 0. The van der Waals surface area contributed by atoms with Crippen molar-refractivity contribution in [2.45, 2.75) is 19.8 Å². The molecule has 0 radical (unpaired) electrons. The predicted octanol–water partition coefficient (Wildman–Crippen LogP) is 1.10. The van der Waals surface area contributed by atoms with E-state index in [1.54, 1.807) is 11.3 Å². The van der Waals surface area contributed by atoms with E-state index in [0.717, 1.165) is 49.5 Å². The van der Waals surface area contributed by atoms with E-state index < -0.39 is 0 Å². The summed E-state index contributed by atoms with van der Waals surface area (Å²) in [5, 5.41) is 6.44. The molecule has 1 N–H and O–H groups in total. The van der Waals surface area contributed by atoms with E-state index in [2.05, 4.69) is 20.6 Å². The van der Waals surface area contributed by atoms with E-state index in [0.29, 0.717) is 6.54 Å². The van der Waals surface area contributed by atoms with Crippen LogP contribution in [0, 0.1) is 12.8 Å². The third-order valence-corrected chi connectivity index (χ3v) is 4.94. The molecule has 3 rings (SSSR count). The molecule has 1 aliphatic heterocycles. The first-order valence-electron chi connectivity index (χ1n) is 7.38. The van der Waals surface area contributed by atoms with E-state index in [4.69, 9.17) is 0 Å². The molecule has 2 aliphatic rings. The minimum Gasteiger partial charge on any atom is -0.345 e. The molecular weight excluding hydrogens is 272 g/mol. The van der Waals surface area contributed by atoms with Gasteiger partial charge >= 0.3 is 0 Å². The number of thiazole rings is 1. The minimum absolute atomic E-state index is 0.237. The summed E-state index contributed by atoms with van der Waals surface area (Å²) in [4.78, 5) is 20.8. The smallest absolute Gasteiger partial charge is 0.236 e. The van der Waals surface area contributed by atoms with Gasteiger partial charge in [-0.3, -0.25) is 4.79 Å². The van der Waals surface area contributed by atoms with Crippen LogP contribution in [-0.4, -0.2) is 55.1 Å². The van der Waals surface area contributed by atoms with Gasteiger partial charge in [-0.2, -0.15) is 0 Å². The molecule has 20 heavy (non-hydrogen) atoms. The molecule has 1 aromatic rings. The van der Waals surface area contributed by atoms with Gasteiger partial charge in [-0.25, -0.2) is 4.98 Å². The number of nitrogens with one attached hydrogen (secondary N) is 1. The van der Waals surface area contributed by atoms with Gasteiger partial charge in [-0.05, 0) is 32.2 Å². The Labute approximate surface area is 124 Å². The van der Waals surface area contributed by atoms with Crippen molar-refractivity contribution < 1.29 is 4.79 Å². The fraction of sp³-hybridized carbons (Fsp3) is 0.714. The largest absolute Gasteiger partial charge is 0.345 e. The molecule has 0 aromatic carbocycles. The molecule has 1 saturated carbocycles. The number of carbonyl (C=O) groups excluding carboxylic acids is 1. The number of rotatable bonds is 5. The molecule has 6 heteroatoms. The van der Waals surface area contributed by atoms with Gasteiger partial charge < -0.3 is 15.1 Å². The van der Waals surface area contributed by atoms with E-state index >= 15 is 0 Å². The highest BCUT2D eigenvalue weighted by Gasteiger charge is 2.24. The molecule has 5 nitrogen and oxygen atoms in total. The highest BCUT2D eigenvalue weighted by Crippen LogP contribution is 2.27. The van der Waals surface area contributed by atoms with Gasteiger partial charge in [0.15, 0.2) is 5.13 Å². The Morgan fingerprint density at radius 1 is 1.40 bits per heavy atom. The molecule has 1 aliphatic carbocycles. The SMILES string of the molecule is Cc1csc(N2CCN(C(=O)CNCC3CC3)CC2)n1. The monoisotopic (exact) mass is 294 g/mol. The van der Waals surface area contributed by atoms with Crippen molar-refractivity contribution >= 4 is 22.4 Å².